The molecule has 0 spiro atoms. The van der Waals surface area contributed by atoms with Gasteiger partial charge in [-0.15, -0.1) is 0 Å². The minimum absolute atomic E-state index is 0.108. The maximum Gasteiger partial charge on any atom is 0.309 e. The van der Waals surface area contributed by atoms with Gasteiger partial charge in [0, 0.05) is 11.8 Å². The number of carbonyl (C=O) groups excluding carboxylic acids is 2. The van der Waals surface area contributed by atoms with Crippen LogP contribution < -0.4 is 0 Å². The smallest absolute Gasteiger partial charge is 0.309 e. The number of esters is 2. The van der Waals surface area contributed by atoms with E-state index in [-0.39, 0.29) is 47.8 Å². The molecule has 0 N–H and O–H groups in total. The van der Waals surface area contributed by atoms with E-state index >= 15 is 0 Å². The molecule has 0 aromatic heterocycles. The van der Waals surface area contributed by atoms with Crippen molar-refractivity contribution in [3.05, 3.63) is 215 Å². The molecule has 0 radical (unpaired) electrons. The lowest BCUT2D eigenvalue weighted by molar-refractivity contribution is -0.148. The number of ether oxygens (including phenoxy) is 4. The summed E-state index contributed by atoms with van der Waals surface area (Å²) in [5.41, 5.74) is 4.68. The van der Waals surface area contributed by atoms with E-state index < -0.39 is 11.2 Å². The minimum Gasteiger partial charge on any atom is -0.459 e. The lowest BCUT2D eigenvalue weighted by Crippen LogP contribution is -2.36. The first-order valence-corrected chi connectivity index (χ1v) is 20.3. The lowest BCUT2D eigenvalue weighted by Gasteiger charge is -2.37. The van der Waals surface area contributed by atoms with Gasteiger partial charge in [-0.25, -0.2) is 0 Å². The first-order valence-electron chi connectivity index (χ1n) is 20.3. The molecule has 0 aliphatic carbocycles. The van der Waals surface area contributed by atoms with Gasteiger partial charge in [-0.1, -0.05) is 210 Å². The van der Waals surface area contributed by atoms with Gasteiger partial charge in [-0.2, -0.15) is 0 Å². The summed E-state index contributed by atoms with van der Waals surface area (Å²) in [5.74, 6) is -0.275. The van der Waals surface area contributed by atoms with Crippen molar-refractivity contribution in [1.82, 2.24) is 0 Å². The van der Waals surface area contributed by atoms with Gasteiger partial charge in [0.1, 0.15) is 23.4 Å². The average Bonchev–Trinajstić information content (AvgIpc) is 3.69. The Balaban J connectivity index is 0.000000177. The second-order valence-electron chi connectivity index (χ2n) is 15.4. The number of rotatable bonds is 12. The highest BCUT2D eigenvalue weighted by Crippen LogP contribution is 2.43. The molecule has 0 unspecified atom stereocenters. The van der Waals surface area contributed by atoms with Crippen LogP contribution >= 0.6 is 0 Å². The Kier molecular flexibility index (Phi) is 12.7. The Labute approximate surface area is 342 Å². The standard InChI is InChI=1S/2C26H26O3/c2*1-19-20(2)25(27)29-24(19)18-28-26(21-12-6-3-7-13-21,22-14-8-4-9-15-22)23-16-10-5-11-17-23/h2*3-17,19-20,24H,18H2,1-2H3/t19-,20+,24+;19-,20-,24+/m00/s1. The van der Waals surface area contributed by atoms with Crippen LogP contribution in [0.2, 0.25) is 0 Å². The molecule has 6 heteroatoms. The third-order valence-electron chi connectivity index (χ3n) is 12.0. The Hall–Kier alpha value is -5.82. The molecular formula is C52H52O6. The number of hydrogen-bond acceptors (Lipinski definition) is 6. The van der Waals surface area contributed by atoms with Crippen molar-refractivity contribution in [2.24, 2.45) is 23.7 Å². The molecule has 58 heavy (non-hydrogen) atoms. The monoisotopic (exact) mass is 772 g/mol. The normalized spacial score (nSPS) is 21.7. The van der Waals surface area contributed by atoms with Crippen LogP contribution in [0.15, 0.2) is 182 Å². The molecule has 0 saturated carbocycles. The van der Waals surface area contributed by atoms with Crippen LogP contribution in [0.3, 0.4) is 0 Å². The van der Waals surface area contributed by atoms with Crippen molar-refractivity contribution in [3.63, 3.8) is 0 Å². The van der Waals surface area contributed by atoms with Crippen LogP contribution in [-0.2, 0) is 39.7 Å². The van der Waals surface area contributed by atoms with Crippen LogP contribution in [0.4, 0.5) is 0 Å². The van der Waals surface area contributed by atoms with E-state index in [0.717, 1.165) is 33.4 Å². The van der Waals surface area contributed by atoms with Crippen molar-refractivity contribution in [2.75, 3.05) is 13.2 Å². The molecule has 2 aliphatic rings. The van der Waals surface area contributed by atoms with Crippen LogP contribution in [0.1, 0.15) is 61.1 Å². The fourth-order valence-electron chi connectivity index (χ4n) is 8.12. The van der Waals surface area contributed by atoms with Crippen molar-refractivity contribution >= 4 is 11.9 Å². The predicted molar refractivity (Wildman–Crippen MR) is 227 cm³/mol. The Bertz CT molecular complexity index is 1840. The van der Waals surface area contributed by atoms with Gasteiger partial charge in [0.25, 0.3) is 0 Å². The quantitative estimate of drug-likeness (QED) is 0.0911. The summed E-state index contributed by atoms with van der Waals surface area (Å²) in [6.07, 6.45) is -0.513. The van der Waals surface area contributed by atoms with Gasteiger partial charge in [0.05, 0.1) is 25.0 Å². The molecule has 8 rings (SSSR count). The van der Waals surface area contributed by atoms with Crippen molar-refractivity contribution in [1.29, 1.82) is 0 Å². The summed E-state index contributed by atoms with van der Waals surface area (Å²) in [5, 5.41) is 0. The second kappa shape index (κ2) is 18.2. The molecule has 296 valence electrons. The van der Waals surface area contributed by atoms with Crippen LogP contribution in [0, 0.1) is 23.7 Å². The zero-order valence-corrected chi connectivity index (χ0v) is 33.6. The van der Waals surface area contributed by atoms with E-state index in [4.69, 9.17) is 18.9 Å². The largest absolute Gasteiger partial charge is 0.459 e. The highest BCUT2D eigenvalue weighted by Gasteiger charge is 2.45. The fraction of sp³-hybridized carbons (Fsp3) is 0.269. The number of benzene rings is 6. The van der Waals surface area contributed by atoms with Gasteiger partial charge < -0.3 is 18.9 Å². The van der Waals surface area contributed by atoms with Crippen molar-refractivity contribution in [2.45, 2.75) is 51.1 Å². The number of hydrogen-bond donors (Lipinski definition) is 0. The maximum atomic E-state index is 12.1. The maximum absolute atomic E-state index is 12.1. The summed E-state index contributed by atoms with van der Waals surface area (Å²) >= 11 is 0. The third-order valence-corrected chi connectivity index (χ3v) is 12.0. The molecule has 6 nitrogen and oxygen atoms in total. The summed E-state index contributed by atoms with van der Waals surface area (Å²) in [7, 11) is 0. The third kappa shape index (κ3) is 8.13. The van der Waals surface area contributed by atoms with E-state index in [9.17, 15) is 9.59 Å². The highest BCUT2D eigenvalue weighted by molar-refractivity contribution is 5.75. The van der Waals surface area contributed by atoms with E-state index in [2.05, 4.69) is 86.6 Å². The minimum atomic E-state index is -0.790. The molecule has 6 aromatic carbocycles. The molecule has 2 fully saturated rings. The Morgan fingerprint density at radius 3 is 0.759 bits per heavy atom. The van der Waals surface area contributed by atoms with E-state index in [1.807, 2.05) is 123 Å². The van der Waals surface area contributed by atoms with E-state index in [1.165, 1.54) is 0 Å². The fourth-order valence-corrected chi connectivity index (χ4v) is 8.12. The summed E-state index contributed by atoms with van der Waals surface area (Å²) in [6.45, 7) is 8.61. The van der Waals surface area contributed by atoms with Gasteiger partial charge in [-0.3, -0.25) is 9.59 Å². The first-order chi connectivity index (χ1) is 28.3. The van der Waals surface area contributed by atoms with Gasteiger partial charge >= 0.3 is 11.9 Å². The van der Waals surface area contributed by atoms with Crippen LogP contribution in [-0.4, -0.2) is 37.4 Å². The lowest BCUT2D eigenvalue weighted by atomic mass is 9.80. The van der Waals surface area contributed by atoms with Gasteiger partial charge in [0.15, 0.2) is 0 Å². The molecular weight excluding hydrogens is 721 g/mol. The summed E-state index contributed by atoms with van der Waals surface area (Å²) < 4.78 is 24.8. The van der Waals surface area contributed by atoms with Crippen molar-refractivity contribution < 1.29 is 28.5 Å². The van der Waals surface area contributed by atoms with E-state index in [0.29, 0.717) is 13.2 Å². The average molecular weight is 773 g/mol. The van der Waals surface area contributed by atoms with Gasteiger partial charge in [-0.05, 0) is 33.4 Å². The number of cyclic esters (lactones) is 2. The highest BCUT2D eigenvalue weighted by atomic mass is 16.6. The molecule has 6 atom stereocenters. The Morgan fingerprint density at radius 2 is 0.586 bits per heavy atom. The predicted octanol–water partition coefficient (Wildman–Crippen LogP) is 10.4. The molecule has 2 heterocycles. The first kappa shape index (κ1) is 40.4. The van der Waals surface area contributed by atoms with Crippen LogP contribution in [0.25, 0.3) is 0 Å². The van der Waals surface area contributed by atoms with Gasteiger partial charge in [0.2, 0.25) is 0 Å². The number of carbonyl (C=O) groups is 2. The second-order valence-corrected chi connectivity index (χ2v) is 15.4. The zero-order valence-electron chi connectivity index (χ0n) is 33.6. The topological polar surface area (TPSA) is 71.1 Å². The summed E-state index contributed by atoms with van der Waals surface area (Å²) in [6, 6.07) is 61.4. The molecule has 6 aromatic rings. The zero-order chi connectivity index (χ0) is 40.5. The summed E-state index contributed by atoms with van der Waals surface area (Å²) in [4.78, 5) is 24.1. The van der Waals surface area contributed by atoms with Crippen molar-refractivity contribution in [3.8, 4) is 0 Å². The molecule has 0 bridgehead atoms. The SMILES string of the molecule is C[C@@H]1[C@@H](COC(c2ccccc2)(c2ccccc2)c2ccccc2)OC(=O)[C@@H]1C.C[C@H]1[C@H](C)C(=O)O[C@@H]1COC(c1ccccc1)(c1ccccc1)c1ccccc1. The van der Waals surface area contributed by atoms with E-state index in [1.54, 1.807) is 0 Å². The molecule has 2 saturated heterocycles. The Morgan fingerprint density at radius 1 is 0.379 bits per heavy atom. The van der Waals surface area contributed by atoms with Crippen LogP contribution in [0.5, 0.6) is 0 Å². The molecule has 0 amide bonds. The molecule has 2 aliphatic heterocycles.